The second-order valence-electron chi connectivity index (χ2n) is 5.37. The molecule has 0 radical (unpaired) electrons. The van der Waals surface area contributed by atoms with Crippen molar-refractivity contribution in [1.82, 2.24) is 14.8 Å². The van der Waals surface area contributed by atoms with E-state index in [0.29, 0.717) is 11.9 Å². The van der Waals surface area contributed by atoms with E-state index in [1.54, 1.807) is 0 Å². The zero-order chi connectivity index (χ0) is 13.7. The molecule has 1 N–H and O–H groups in total. The number of hydrogen-bond acceptors (Lipinski definition) is 4. The Kier molecular flexibility index (Phi) is 2.36. The molecule has 0 unspecified atom stereocenters. The Bertz CT molecular complexity index is 782. The predicted molar refractivity (Wildman–Crippen MR) is 77.6 cm³/mol. The minimum Gasteiger partial charge on any atom is -0.441 e. The Balaban J connectivity index is 1.74. The first-order valence-electron chi connectivity index (χ1n) is 6.87. The molecule has 102 valence electrons. The fourth-order valence-corrected chi connectivity index (χ4v) is 2.44. The van der Waals surface area contributed by atoms with E-state index in [1.165, 1.54) is 12.8 Å². The minimum absolute atomic E-state index is 0.608. The maximum absolute atomic E-state index is 5.59. The van der Waals surface area contributed by atoms with Crippen molar-refractivity contribution in [2.75, 3.05) is 5.32 Å². The normalized spacial score (nSPS) is 14.9. The van der Waals surface area contributed by atoms with Gasteiger partial charge in [-0.25, -0.2) is 4.98 Å². The summed E-state index contributed by atoms with van der Waals surface area (Å²) >= 11 is 0. The molecule has 3 aromatic rings. The largest absolute Gasteiger partial charge is 0.441 e. The number of benzene rings is 1. The summed E-state index contributed by atoms with van der Waals surface area (Å²) in [4.78, 5) is 4.32. The lowest BCUT2D eigenvalue weighted by Crippen LogP contribution is -2.01. The summed E-state index contributed by atoms with van der Waals surface area (Å²) in [6.07, 6.45) is 2.49. The van der Waals surface area contributed by atoms with Crippen molar-refractivity contribution >= 4 is 16.9 Å². The summed E-state index contributed by atoms with van der Waals surface area (Å²) in [7, 11) is 1.96. The van der Waals surface area contributed by atoms with Gasteiger partial charge in [-0.1, -0.05) is 6.07 Å². The van der Waals surface area contributed by atoms with Gasteiger partial charge in [0.25, 0.3) is 0 Å². The Hall–Kier alpha value is -2.30. The summed E-state index contributed by atoms with van der Waals surface area (Å²) in [6.45, 7) is 1.86. The molecule has 0 bridgehead atoms. The van der Waals surface area contributed by atoms with Crippen molar-refractivity contribution in [2.24, 2.45) is 7.05 Å². The lowest BCUT2D eigenvalue weighted by molar-refractivity contribution is 0.561. The molecular formula is C15H16N4O. The molecular weight excluding hydrogens is 252 g/mol. The highest BCUT2D eigenvalue weighted by molar-refractivity contribution is 5.80. The molecule has 0 aliphatic heterocycles. The second-order valence-corrected chi connectivity index (χ2v) is 5.37. The van der Waals surface area contributed by atoms with E-state index in [0.717, 1.165) is 28.2 Å². The predicted octanol–water partition coefficient (Wildman–Crippen LogP) is 3.11. The first-order valence-corrected chi connectivity index (χ1v) is 6.87. The summed E-state index contributed by atoms with van der Waals surface area (Å²) in [5, 5.41) is 7.93. The van der Waals surface area contributed by atoms with Gasteiger partial charge in [-0.2, -0.15) is 5.10 Å². The lowest BCUT2D eigenvalue weighted by Gasteiger charge is -2.00. The average molecular weight is 268 g/mol. The van der Waals surface area contributed by atoms with E-state index in [9.17, 15) is 0 Å². The highest BCUT2D eigenvalue weighted by Gasteiger charge is 2.22. The third kappa shape index (κ3) is 1.95. The topological polar surface area (TPSA) is 55.9 Å². The molecule has 2 aromatic heterocycles. The second kappa shape index (κ2) is 4.10. The van der Waals surface area contributed by atoms with Crippen molar-refractivity contribution in [3.8, 4) is 11.3 Å². The maximum atomic E-state index is 5.59. The van der Waals surface area contributed by atoms with Gasteiger partial charge in [-0.15, -0.1) is 0 Å². The van der Waals surface area contributed by atoms with Crippen molar-refractivity contribution in [2.45, 2.75) is 25.8 Å². The van der Waals surface area contributed by atoms with Gasteiger partial charge >= 0.3 is 0 Å². The number of oxazole rings is 1. The van der Waals surface area contributed by atoms with E-state index < -0.39 is 0 Å². The highest BCUT2D eigenvalue weighted by Crippen LogP contribution is 2.29. The van der Waals surface area contributed by atoms with E-state index >= 15 is 0 Å². The molecule has 1 saturated carbocycles. The standard InChI is InChI=1S/C15H16N4O/c1-9-16-12-6-3-10(7-14(12)20-9)13-8-15(18-19(13)2)17-11-4-5-11/h3,6-8,11H,4-5H2,1-2H3,(H,17,18). The SMILES string of the molecule is Cc1nc2ccc(-c3cc(NC4CC4)nn3C)cc2o1. The van der Waals surface area contributed by atoms with Gasteiger partial charge in [-0.3, -0.25) is 4.68 Å². The third-order valence-corrected chi connectivity index (χ3v) is 3.60. The van der Waals surface area contributed by atoms with Crippen LogP contribution in [-0.4, -0.2) is 20.8 Å². The monoisotopic (exact) mass is 268 g/mol. The molecule has 1 aromatic carbocycles. The van der Waals surface area contributed by atoms with E-state index in [-0.39, 0.29) is 0 Å². The highest BCUT2D eigenvalue weighted by atomic mass is 16.3. The fraction of sp³-hybridized carbons (Fsp3) is 0.333. The summed E-state index contributed by atoms with van der Waals surface area (Å²) in [5.41, 5.74) is 3.87. The average Bonchev–Trinajstić information content (AvgIpc) is 3.02. The lowest BCUT2D eigenvalue weighted by atomic mass is 10.1. The molecule has 1 fully saturated rings. The van der Waals surface area contributed by atoms with Crippen molar-refractivity contribution in [1.29, 1.82) is 0 Å². The van der Waals surface area contributed by atoms with E-state index in [1.807, 2.05) is 30.8 Å². The zero-order valence-corrected chi connectivity index (χ0v) is 11.6. The number of aromatic nitrogens is 3. The molecule has 4 rings (SSSR count). The Morgan fingerprint density at radius 2 is 2.15 bits per heavy atom. The van der Waals surface area contributed by atoms with Gasteiger partial charge in [0.2, 0.25) is 0 Å². The molecule has 5 nitrogen and oxygen atoms in total. The molecule has 1 aliphatic rings. The van der Waals surface area contributed by atoms with Gasteiger partial charge < -0.3 is 9.73 Å². The van der Waals surface area contributed by atoms with Crippen molar-refractivity contribution in [3.63, 3.8) is 0 Å². The quantitative estimate of drug-likeness (QED) is 0.793. The molecule has 2 heterocycles. The van der Waals surface area contributed by atoms with Crippen molar-refractivity contribution < 1.29 is 4.42 Å². The molecule has 0 saturated heterocycles. The number of hydrogen-bond donors (Lipinski definition) is 1. The molecule has 0 amide bonds. The van der Waals surface area contributed by atoms with Crippen LogP contribution in [0, 0.1) is 6.92 Å². The van der Waals surface area contributed by atoms with Crippen LogP contribution < -0.4 is 5.32 Å². The Morgan fingerprint density at radius 1 is 1.30 bits per heavy atom. The molecule has 0 spiro atoms. The van der Waals surface area contributed by atoms with Crippen LogP contribution in [0.15, 0.2) is 28.7 Å². The van der Waals surface area contributed by atoms with Crippen LogP contribution >= 0.6 is 0 Å². The van der Waals surface area contributed by atoms with Gasteiger partial charge in [-0.05, 0) is 25.0 Å². The van der Waals surface area contributed by atoms with Crippen LogP contribution in [0.25, 0.3) is 22.4 Å². The number of fused-ring (bicyclic) bond motifs is 1. The van der Waals surface area contributed by atoms with Crippen LogP contribution in [0.1, 0.15) is 18.7 Å². The fourth-order valence-electron chi connectivity index (χ4n) is 2.44. The Labute approximate surface area is 116 Å². The number of rotatable bonds is 3. The summed E-state index contributed by atoms with van der Waals surface area (Å²) in [5.74, 6) is 1.64. The van der Waals surface area contributed by atoms with Crippen LogP contribution in [0.3, 0.4) is 0 Å². The molecule has 20 heavy (non-hydrogen) atoms. The number of nitrogens with one attached hydrogen (secondary N) is 1. The molecule has 1 aliphatic carbocycles. The molecule has 5 heteroatoms. The third-order valence-electron chi connectivity index (χ3n) is 3.60. The number of anilines is 1. The van der Waals surface area contributed by atoms with Crippen LogP contribution in [0.2, 0.25) is 0 Å². The number of nitrogens with zero attached hydrogens (tertiary/aromatic N) is 3. The summed E-state index contributed by atoms with van der Waals surface area (Å²) in [6, 6.07) is 8.76. The molecule has 0 atom stereocenters. The van der Waals surface area contributed by atoms with Crippen LogP contribution in [0.4, 0.5) is 5.82 Å². The van der Waals surface area contributed by atoms with Crippen molar-refractivity contribution in [3.05, 3.63) is 30.2 Å². The maximum Gasteiger partial charge on any atom is 0.192 e. The van der Waals surface area contributed by atoms with E-state index in [2.05, 4.69) is 27.5 Å². The van der Waals surface area contributed by atoms with Gasteiger partial charge in [0, 0.05) is 31.6 Å². The first-order chi connectivity index (χ1) is 9.69. The van der Waals surface area contributed by atoms with Gasteiger partial charge in [0.1, 0.15) is 11.3 Å². The van der Waals surface area contributed by atoms with E-state index in [4.69, 9.17) is 4.42 Å². The van der Waals surface area contributed by atoms with Crippen LogP contribution in [0.5, 0.6) is 0 Å². The number of aryl methyl sites for hydroxylation is 2. The Morgan fingerprint density at radius 3 is 2.95 bits per heavy atom. The zero-order valence-electron chi connectivity index (χ0n) is 11.6. The van der Waals surface area contributed by atoms with Crippen LogP contribution in [-0.2, 0) is 7.05 Å². The first kappa shape index (κ1) is 11.5. The minimum atomic E-state index is 0.608. The van der Waals surface area contributed by atoms with Gasteiger partial charge in [0.05, 0.1) is 5.69 Å². The van der Waals surface area contributed by atoms with Gasteiger partial charge in [0.15, 0.2) is 11.5 Å². The summed E-state index contributed by atoms with van der Waals surface area (Å²) < 4.78 is 7.49. The smallest absolute Gasteiger partial charge is 0.192 e.